The summed E-state index contributed by atoms with van der Waals surface area (Å²) in [6, 6.07) is 9.95. The summed E-state index contributed by atoms with van der Waals surface area (Å²) in [5, 5.41) is 3.69. The first-order chi connectivity index (χ1) is 10.1. The van der Waals surface area contributed by atoms with Crippen LogP contribution >= 0.6 is 0 Å². The Morgan fingerprint density at radius 3 is 2.48 bits per heavy atom. The highest BCUT2D eigenvalue weighted by atomic mass is 15.2. The summed E-state index contributed by atoms with van der Waals surface area (Å²) in [7, 11) is 2.23. The van der Waals surface area contributed by atoms with Crippen LogP contribution in [0.5, 0.6) is 0 Å². The fraction of sp³-hybridized carbons (Fsp3) is 0.667. The van der Waals surface area contributed by atoms with Gasteiger partial charge in [0.2, 0.25) is 0 Å². The highest BCUT2D eigenvalue weighted by molar-refractivity contribution is 5.25. The zero-order chi connectivity index (χ0) is 15.2. The van der Waals surface area contributed by atoms with E-state index in [0.717, 1.165) is 6.54 Å². The molecule has 1 fully saturated rings. The van der Waals surface area contributed by atoms with Crippen molar-refractivity contribution in [1.29, 1.82) is 0 Å². The number of likely N-dealkylation sites (N-methyl/N-ethyl adjacent to an activating group) is 2. The molecule has 1 aromatic carbocycles. The summed E-state index contributed by atoms with van der Waals surface area (Å²) >= 11 is 0. The van der Waals surface area contributed by atoms with Crippen molar-refractivity contribution < 1.29 is 0 Å². The highest BCUT2D eigenvalue weighted by Gasteiger charge is 2.25. The monoisotopic (exact) mass is 289 g/mol. The third kappa shape index (κ3) is 4.53. The lowest BCUT2D eigenvalue weighted by Gasteiger charge is -2.35. The summed E-state index contributed by atoms with van der Waals surface area (Å²) in [5.74, 6) is 0. The summed E-state index contributed by atoms with van der Waals surface area (Å²) in [4.78, 5) is 5.09. The average Bonchev–Trinajstić information content (AvgIpc) is 2.70. The van der Waals surface area contributed by atoms with E-state index in [1.807, 2.05) is 0 Å². The van der Waals surface area contributed by atoms with Crippen molar-refractivity contribution in [3.05, 3.63) is 35.4 Å². The van der Waals surface area contributed by atoms with E-state index in [1.54, 1.807) is 0 Å². The topological polar surface area (TPSA) is 18.5 Å². The molecule has 0 amide bonds. The number of nitrogens with zero attached hydrogens (tertiary/aromatic N) is 2. The van der Waals surface area contributed by atoms with Crippen LogP contribution in [0.25, 0.3) is 0 Å². The van der Waals surface area contributed by atoms with Crippen molar-refractivity contribution in [3.63, 3.8) is 0 Å². The minimum Gasteiger partial charge on any atom is -0.309 e. The van der Waals surface area contributed by atoms with Crippen molar-refractivity contribution in [1.82, 2.24) is 15.1 Å². The van der Waals surface area contributed by atoms with Gasteiger partial charge in [-0.25, -0.2) is 0 Å². The first-order valence-corrected chi connectivity index (χ1v) is 8.34. The molecule has 1 heterocycles. The maximum Gasteiger partial charge on any atom is 0.0475 e. The number of benzene rings is 1. The summed E-state index contributed by atoms with van der Waals surface area (Å²) in [5.41, 5.74) is 2.74. The van der Waals surface area contributed by atoms with E-state index in [1.165, 1.54) is 43.7 Å². The number of hydrogen-bond donors (Lipinski definition) is 1. The Kier molecular flexibility index (Phi) is 6.22. The number of rotatable bonds is 5. The maximum absolute atomic E-state index is 3.69. The molecule has 0 spiro atoms. The molecule has 118 valence electrons. The second-order valence-electron chi connectivity index (χ2n) is 6.38. The number of nitrogens with one attached hydrogen (secondary N) is 1. The van der Waals surface area contributed by atoms with Crippen LogP contribution in [-0.2, 0) is 0 Å². The van der Waals surface area contributed by atoms with Crippen LogP contribution in [0.15, 0.2) is 24.3 Å². The summed E-state index contributed by atoms with van der Waals surface area (Å²) in [6.07, 6.45) is 1.27. The van der Waals surface area contributed by atoms with Crippen LogP contribution in [0, 0.1) is 6.92 Å². The Morgan fingerprint density at radius 1 is 1.10 bits per heavy atom. The molecular weight excluding hydrogens is 258 g/mol. The largest absolute Gasteiger partial charge is 0.309 e. The minimum atomic E-state index is 0.416. The maximum atomic E-state index is 3.69. The van der Waals surface area contributed by atoms with E-state index in [9.17, 15) is 0 Å². The first-order valence-electron chi connectivity index (χ1n) is 8.34. The van der Waals surface area contributed by atoms with Crippen molar-refractivity contribution in [2.45, 2.75) is 39.3 Å². The van der Waals surface area contributed by atoms with Crippen molar-refractivity contribution in [3.8, 4) is 0 Å². The van der Waals surface area contributed by atoms with Gasteiger partial charge >= 0.3 is 0 Å². The molecular formula is C18H31N3. The van der Waals surface area contributed by atoms with Crippen LogP contribution < -0.4 is 5.32 Å². The van der Waals surface area contributed by atoms with Gasteiger partial charge in [-0.2, -0.15) is 0 Å². The summed E-state index contributed by atoms with van der Waals surface area (Å²) in [6.45, 7) is 12.5. The molecule has 1 saturated heterocycles. The van der Waals surface area contributed by atoms with Gasteiger partial charge in [-0.15, -0.1) is 0 Å². The zero-order valence-electron chi connectivity index (χ0n) is 14.1. The van der Waals surface area contributed by atoms with Gasteiger partial charge in [0.25, 0.3) is 0 Å². The second-order valence-corrected chi connectivity index (χ2v) is 6.38. The van der Waals surface area contributed by atoms with Gasteiger partial charge in [-0.3, -0.25) is 4.90 Å². The predicted octanol–water partition coefficient (Wildman–Crippen LogP) is 2.67. The fourth-order valence-corrected chi connectivity index (χ4v) is 3.25. The Labute approximate surface area is 130 Å². The Balaban J connectivity index is 2.10. The quantitative estimate of drug-likeness (QED) is 0.899. The van der Waals surface area contributed by atoms with Gasteiger partial charge in [0.1, 0.15) is 0 Å². The van der Waals surface area contributed by atoms with Crippen LogP contribution in [0.3, 0.4) is 0 Å². The lowest BCUT2D eigenvalue weighted by atomic mass is 9.98. The van der Waals surface area contributed by atoms with E-state index in [0.29, 0.717) is 12.1 Å². The normalized spacial score (nSPS) is 21.0. The number of hydrogen-bond acceptors (Lipinski definition) is 3. The Hall–Kier alpha value is -0.900. The second kappa shape index (κ2) is 7.92. The molecule has 2 unspecified atom stereocenters. The summed E-state index contributed by atoms with van der Waals surface area (Å²) < 4.78 is 0. The molecule has 3 heteroatoms. The Morgan fingerprint density at radius 2 is 1.81 bits per heavy atom. The van der Waals surface area contributed by atoms with Crippen molar-refractivity contribution >= 4 is 0 Å². The molecule has 0 bridgehead atoms. The highest BCUT2D eigenvalue weighted by Crippen LogP contribution is 2.22. The smallest absolute Gasteiger partial charge is 0.0475 e. The van der Waals surface area contributed by atoms with E-state index >= 15 is 0 Å². The lowest BCUT2D eigenvalue weighted by Crippen LogP contribution is -2.44. The number of aryl methyl sites for hydroxylation is 1. The van der Waals surface area contributed by atoms with Crippen molar-refractivity contribution in [2.75, 3.05) is 39.8 Å². The van der Waals surface area contributed by atoms with Crippen LogP contribution in [0.1, 0.15) is 37.4 Å². The molecule has 2 atom stereocenters. The van der Waals surface area contributed by atoms with Crippen molar-refractivity contribution in [2.24, 2.45) is 0 Å². The first kappa shape index (κ1) is 16.5. The van der Waals surface area contributed by atoms with Gasteiger partial charge in [-0.05, 0) is 52.5 Å². The van der Waals surface area contributed by atoms with Crippen LogP contribution in [0.2, 0.25) is 0 Å². The fourth-order valence-electron chi connectivity index (χ4n) is 3.25. The van der Waals surface area contributed by atoms with E-state index < -0.39 is 0 Å². The van der Waals surface area contributed by atoms with E-state index in [4.69, 9.17) is 0 Å². The van der Waals surface area contributed by atoms with Gasteiger partial charge in [0.15, 0.2) is 0 Å². The molecule has 0 aromatic heterocycles. The standard InChI is InChI=1S/C18H31N3/c1-5-19-18(17-9-7-15(2)8-10-17)16(3)21-12-6-11-20(4)13-14-21/h7-10,16,18-19H,5-6,11-14H2,1-4H3. The average molecular weight is 289 g/mol. The molecule has 1 aromatic rings. The van der Waals surface area contributed by atoms with Gasteiger partial charge in [-0.1, -0.05) is 36.8 Å². The lowest BCUT2D eigenvalue weighted by molar-refractivity contribution is 0.175. The molecule has 3 nitrogen and oxygen atoms in total. The van der Waals surface area contributed by atoms with Gasteiger partial charge < -0.3 is 10.2 Å². The Bertz CT molecular complexity index is 415. The van der Waals surface area contributed by atoms with Crippen LogP contribution in [0.4, 0.5) is 0 Å². The predicted molar refractivity (Wildman–Crippen MR) is 90.7 cm³/mol. The molecule has 0 radical (unpaired) electrons. The molecule has 1 aliphatic heterocycles. The molecule has 1 aliphatic rings. The molecule has 1 N–H and O–H groups in total. The molecule has 0 aliphatic carbocycles. The van der Waals surface area contributed by atoms with Gasteiger partial charge in [0, 0.05) is 25.2 Å². The van der Waals surface area contributed by atoms with E-state index in [2.05, 4.69) is 67.2 Å². The molecule has 0 saturated carbocycles. The third-order valence-corrected chi connectivity index (χ3v) is 4.67. The minimum absolute atomic E-state index is 0.416. The van der Waals surface area contributed by atoms with Gasteiger partial charge in [0.05, 0.1) is 0 Å². The van der Waals surface area contributed by atoms with E-state index in [-0.39, 0.29) is 0 Å². The molecule has 2 rings (SSSR count). The third-order valence-electron chi connectivity index (χ3n) is 4.67. The molecule has 21 heavy (non-hydrogen) atoms. The van der Waals surface area contributed by atoms with Crippen LogP contribution in [-0.4, -0.2) is 55.6 Å². The zero-order valence-corrected chi connectivity index (χ0v) is 14.1. The SMILES string of the molecule is CCNC(c1ccc(C)cc1)C(C)N1CCCN(C)CC1.